The van der Waals surface area contributed by atoms with Crippen LogP contribution in [0.15, 0.2) is 0 Å². The van der Waals surface area contributed by atoms with Crippen LogP contribution in [0.2, 0.25) is 0 Å². The first kappa shape index (κ1) is 16.1. The molecule has 1 saturated heterocycles. The van der Waals surface area contributed by atoms with E-state index in [1.807, 2.05) is 0 Å². The minimum absolute atomic E-state index is 0.245. The van der Waals surface area contributed by atoms with Crippen LogP contribution in [0.4, 0.5) is 4.79 Å². The van der Waals surface area contributed by atoms with Crippen LogP contribution in [0.25, 0.3) is 0 Å². The largest absolute Gasteiger partial charge is 0.444 e. The Morgan fingerprint density at radius 1 is 1.45 bits per heavy atom. The summed E-state index contributed by atoms with van der Waals surface area (Å²) in [6.45, 7) is 7.29. The van der Waals surface area contributed by atoms with Gasteiger partial charge in [0.1, 0.15) is 11.6 Å². The molecule has 122 valence electrons. The Hall–Kier alpha value is -2.23. The Labute approximate surface area is 127 Å². The van der Waals surface area contributed by atoms with Gasteiger partial charge in [0.15, 0.2) is 5.82 Å². The molecule has 1 aromatic rings. The molecule has 0 spiro atoms. The number of carbonyl (C=O) groups excluding carboxylic acids is 2. The number of aromatic nitrogens is 4. The fourth-order valence-electron chi connectivity index (χ4n) is 1.92. The van der Waals surface area contributed by atoms with Crippen molar-refractivity contribution >= 4 is 12.0 Å². The molecule has 0 aliphatic carbocycles. The highest BCUT2D eigenvalue weighted by molar-refractivity contribution is 5.91. The SMILES string of the molecule is C[C@H]1[C@H](NC(=O)OC(C)(C)C)C(=O)N1OCCc1nn[nH]n1. The first-order valence-electron chi connectivity index (χ1n) is 6.96. The van der Waals surface area contributed by atoms with Crippen molar-refractivity contribution < 1.29 is 19.2 Å². The second kappa shape index (κ2) is 6.26. The second-order valence-electron chi connectivity index (χ2n) is 5.94. The van der Waals surface area contributed by atoms with Gasteiger partial charge in [-0.15, -0.1) is 10.2 Å². The van der Waals surface area contributed by atoms with Crippen molar-refractivity contribution in [2.75, 3.05) is 6.61 Å². The quantitative estimate of drug-likeness (QED) is 0.722. The molecule has 1 fully saturated rings. The number of hydroxylamine groups is 2. The molecular weight excluding hydrogens is 292 g/mol. The van der Waals surface area contributed by atoms with Crippen molar-refractivity contribution in [2.24, 2.45) is 0 Å². The smallest absolute Gasteiger partial charge is 0.408 e. The number of nitrogens with one attached hydrogen (secondary N) is 2. The first-order valence-corrected chi connectivity index (χ1v) is 6.96. The summed E-state index contributed by atoms with van der Waals surface area (Å²) in [7, 11) is 0. The van der Waals surface area contributed by atoms with Crippen LogP contribution in [0.1, 0.15) is 33.5 Å². The number of nitrogens with zero attached hydrogens (tertiary/aromatic N) is 4. The van der Waals surface area contributed by atoms with Crippen molar-refractivity contribution in [3.05, 3.63) is 5.82 Å². The number of hydrogen-bond donors (Lipinski definition) is 2. The number of aromatic amines is 1. The molecule has 0 bridgehead atoms. The topological polar surface area (TPSA) is 122 Å². The lowest BCUT2D eigenvalue weighted by atomic mass is 10.0. The fraction of sp³-hybridized carbons (Fsp3) is 0.750. The lowest BCUT2D eigenvalue weighted by molar-refractivity contribution is -0.231. The number of amides is 2. The van der Waals surface area contributed by atoms with Gasteiger partial charge < -0.3 is 10.1 Å². The average Bonchev–Trinajstić information content (AvgIpc) is 2.92. The molecule has 1 aliphatic heterocycles. The monoisotopic (exact) mass is 312 g/mol. The molecule has 0 aromatic carbocycles. The zero-order valence-corrected chi connectivity index (χ0v) is 13.0. The Morgan fingerprint density at radius 2 is 2.18 bits per heavy atom. The van der Waals surface area contributed by atoms with E-state index < -0.39 is 17.7 Å². The van der Waals surface area contributed by atoms with E-state index in [0.717, 1.165) is 0 Å². The van der Waals surface area contributed by atoms with Gasteiger partial charge in [-0.05, 0) is 27.7 Å². The summed E-state index contributed by atoms with van der Waals surface area (Å²) >= 11 is 0. The van der Waals surface area contributed by atoms with E-state index in [1.165, 1.54) is 5.06 Å². The number of hydrogen-bond acceptors (Lipinski definition) is 7. The number of tetrazole rings is 1. The number of rotatable bonds is 5. The molecule has 2 rings (SSSR count). The van der Waals surface area contributed by atoms with E-state index in [2.05, 4.69) is 25.9 Å². The summed E-state index contributed by atoms with van der Waals surface area (Å²) in [6.07, 6.45) is -0.193. The van der Waals surface area contributed by atoms with E-state index in [9.17, 15) is 9.59 Å². The summed E-state index contributed by atoms with van der Waals surface area (Å²) in [5.74, 6) is 0.190. The zero-order valence-electron chi connectivity index (χ0n) is 13.0. The molecule has 2 N–H and O–H groups in total. The minimum Gasteiger partial charge on any atom is -0.444 e. The molecule has 0 radical (unpaired) electrons. The highest BCUT2D eigenvalue weighted by atomic mass is 16.7. The summed E-state index contributed by atoms with van der Waals surface area (Å²) in [5, 5.41) is 17.1. The van der Waals surface area contributed by atoms with Gasteiger partial charge in [-0.1, -0.05) is 5.21 Å². The van der Waals surface area contributed by atoms with E-state index in [-0.39, 0.29) is 18.6 Å². The van der Waals surface area contributed by atoms with Crippen molar-refractivity contribution in [1.82, 2.24) is 31.0 Å². The van der Waals surface area contributed by atoms with Gasteiger partial charge in [0.05, 0.1) is 12.6 Å². The van der Waals surface area contributed by atoms with Crippen molar-refractivity contribution in [3.63, 3.8) is 0 Å². The van der Waals surface area contributed by atoms with Crippen molar-refractivity contribution in [3.8, 4) is 0 Å². The fourth-order valence-corrected chi connectivity index (χ4v) is 1.92. The molecule has 0 saturated carbocycles. The van der Waals surface area contributed by atoms with E-state index in [4.69, 9.17) is 9.57 Å². The Balaban J connectivity index is 1.74. The maximum Gasteiger partial charge on any atom is 0.408 e. The zero-order chi connectivity index (χ0) is 16.3. The second-order valence-corrected chi connectivity index (χ2v) is 5.94. The first-order chi connectivity index (χ1) is 10.3. The predicted molar refractivity (Wildman–Crippen MR) is 73.3 cm³/mol. The van der Waals surface area contributed by atoms with Crippen LogP contribution in [0.5, 0.6) is 0 Å². The molecule has 2 heterocycles. The van der Waals surface area contributed by atoms with Crippen LogP contribution >= 0.6 is 0 Å². The van der Waals surface area contributed by atoms with Gasteiger partial charge in [-0.25, -0.2) is 9.86 Å². The van der Waals surface area contributed by atoms with Gasteiger partial charge >= 0.3 is 6.09 Å². The number of H-pyrrole nitrogens is 1. The molecule has 2 amide bonds. The lowest BCUT2D eigenvalue weighted by Gasteiger charge is -2.43. The summed E-state index contributed by atoms with van der Waals surface area (Å²) in [5.41, 5.74) is -0.610. The summed E-state index contributed by atoms with van der Waals surface area (Å²) < 4.78 is 5.12. The van der Waals surface area contributed by atoms with Crippen molar-refractivity contribution in [2.45, 2.75) is 51.8 Å². The Kier molecular flexibility index (Phi) is 4.59. The number of alkyl carbamates (subject to hydrolysis) is 1. The maximum absolute atomic E-state index is 11.9. The highest BCUT2D eigenvalue weighted by Gasteiger charge is 2.47. The van der Waals surface area contributed by atoms with E-state index >= 15 is 0 Å². The molecule has 10 heteroatoms. The Bertz CT molecular complexity index is 526. The van der Waals surface area contributed by atoms with E-state index in [1.54, 1.807) is 27.7 Å². The number of carbonyl (C=O) groups is 2. The van der Waals surface area contributed by atoms with Crippen molar-refractivity contribution in [1.29, 1.82) is 0 Å². The molecule has 2 atom stereocenters. The van der Waals surface area contributed by atoms with Crippen LogP contribution in [0.3, 0.4) is 0 Å². The van der Waals surface area contributed by atoms with Gasteiger partial charge in [-0.3, -0.25) is 9.63 Å². The number of β-lactam (4-membered cyclic amide) rings is 1. The van der Waals surface area contributed by atoms with Crippen LogP contribution in [-0.4, -0.2) is 62.0 Å². The average molecular weight is 312 g/mol. The number of ether oxygens (including phenoxy) is 1. The molecule has 1 aliphatic rings. The van der Waals surface area contributed by atoms with Crippen LogP contribution < -0.4 is 5.32 Å². The highest BCUT2D eigenvalue weighted by Crippen LogP contribution is 2.20. The summed E-state index contributed by atoms with van der Waals surface area (Å²) in [6, 6.07) is -0.912. The standard InChI is InChI=1S/C12H20N6O4/c1-7-9(13-11(20)22-12(2,3)4)10(19)18(7)21-6-5-8-14-16-17-15-8/h7,9H,5-6H2,1-4H3,(H,13,20)(H,14,15,16,17)/t7-,9-/m0/s1. The van der Waals surface area contributed by atoms with Crippen LogP contribution in [0, 0.1) is 0 Å². The maximum atomic E-state index is 11.9. The predicted octanol–water partition coefficient (Wildman–Crippen LogP) is -0.202. The van der Waals surface area contributed by atoms with Crippen LogP contribution in [-0.2, 0) is 20.8 Å². The van der Waals surface area contributed by atoms with Gasteiger partial charge in [-0.2, -0.15) is 5.21 Å². The normalized spacial score (nSPS) is 21.5. The van der Waals surface area contributed by atoms with Gasteiger partial charge in [0.2, 0.25) is 0 Å². The van der Waals surface area contributed by atoms with Gasteiger partial charge in [0.25, 0.3) is 5.91 Å². The molecular formula is C12H20N6O4. The Morgan fingerprint density at radius 3 is 2.73 bits per heavy atom. The molecule has 1 aromatic heterocycles. The lowest BCUT2D eigenvalue weighted by Crippen LogP contribution is -2.69. The minimum atomic E-state index is -0.639. The third-order valence-electron chi connectivity index (χ3n) is 2.95. The third kappa shape index (κ3) is 3.91. The molecule has 10 nitrogen and oxygen atoms in total. The van der Waals surface area contributed by atoms with Gasteiger partial charge in [0, 0.05) is 6.42 Å². The summed E-state index contributed by atoms with van der Waals surface area (Å²) in [4.78, 5) is 29.0. The molecule has 0 unspecified atom stereocenters. The van der Waals surface area contributed by atoms with E-state index in [0.29, 0.717) is 12.2 Å². The molecule has 22 heavy (non-hydrogen) atoms. The third-order valence-corrected chi connectivity index (χ3v) is 2.95.